The Morgan fingerprint density at radius 2 is 2.00 bits per heavy atom. The van der Waals surface area contributed by atoms with Crippen molar-refractivity contribution in [3.05, 3.63) is 52.8 Å². The molecule has 0 N–H and O–H groups in total. The van der Waals surface area contributed by atoms with Gasteiger partial charge in [0.05, 0.1) is 23.5 Å². The SMILES string of the molecule is CC[C@H]1CN(C(C)c2ccc3ncoc3c2)[C@H](CC)CN1c1cc(=O)n(C)c2cn(CC#N)nc12. The van der Waals surface area contributed by atoms with Crippen molar-refractivity contribution in [2.45, 2.75) is 58.3 Å². The van der Waals surface area contributed by atoms with Crippen molar-refractivity contribution < 1.29 is 4.42 Å². The molecular weight excluding hydrogens is 442 g/mol. The standard InChI is InChI=1S/C26H31N7O2/c1-5-19-14-33(22-12-25(34)30(4)23-15-31(10-9-27)29-26(22)23)20(6-2)13-32(19)17(3)18-7-8-21-24(11-18)35-16-28-21/h7-8,11-12,15-17,19-20H,5-6,10,13-14H2,1-4H3/t17?,19-,20+/m1/s1. The molecule has 0 saturated carbocycles. The first-order valence-electron chi connectivity index (χ1n) is 12.2. The third-order valence-electron chi connectivity index (χ3n) is 7.50. The number of hydrogen-bond acceptors (Lipinski definition) is 7. The smallest absolute Gasteiger partial charge is 0.252 e. The topological polar surface area (TPSA) is 96.1 Å². The van der Waals surface area contributed by atoms with Crippen LogP contribution in [0.5, 0.6) is 0 Å². The number of oxazole rings is 1. The largest absolute Gasteiger partial charge is 0.443 e. The molecule has 3 aromatic heterocycles. The van der Waals surface area contributed by atoms with Crippen molar-refractivity contribution in [3.8, 4) is 6.07 Å². The molecule has 1 saturated heterocycles. The Morgan fingerprint density at radius 1 is 1.20 bits per heavy atom. The van der Waals surface area contributed by atoms with Gasteiger partial charge in [0.15, 0.2) is 12.0 Å². The molecule has 35 heavy (non-hydrogen) atoms. The molecule has 1 aliphatic heterocycles. The lowest BCUT2D eigenvalue weighted by atomic mass is 9.96. The highest BCUT2D eigenvalue weighted by Gasteiger charge is 2.36. The summed E-state index contributed by atoms with van der Waals surface area (Å²) in [6, 6.07) is 10.8. The lowest BCUT2D eigenvalue weighted by Crippen LogP contribution is -2.58. The summed E-state index contributed by atoms with van der Waals surface area (Å²) in [7, 11) is 1.75. The van der Waals surface area contributed by atoms with E-state index < -0.39 is 0 Å². The Balaban J connectivity index is 1.51. The Bertz CT molecular complexity index is 1460. The first-order valence-corrected chi connectivity index (χ1v) is 12.2. The van der Waals surface area contributed by atoms with Crippen LogP contribution in [0.1, 0.15) is 45.2 Å². The number of pyridine rings is 1. The fourth-order valence-corrected chi connectivity index (χ4v) is 5.39. The first kappa shape index (κ1) is 23.1. The molecule has 4 aromatic rings. The lowest BCUT2D eigenvalue weighted by Gasteiger charge is -2.49. The van der Waals surface area contributed by atoms with E-state index in [1.807, 2.05) is 6.07 Å². The number of hydrogen-bond donors (Lipinski definition) is 0. The second-order valence-electron chi connectivity index (χ2n) is 9.37. The Morgan fingerprint density at radius 3 is 2.74 bits per heavy atom. The molecule has 1 fully saturated rings. The maximum absolute atomic E-state index is 12.9. The third kappa shape index (κ3) is 3.98. The van der Waals surface area contributed by atoms with Gasteiger partial charge in [0.2, 0.25) is 0 Å². The van der Waals surface area contributed by atoms with Crippen molar-refractivity contribution in [1.29, 1.82) is 5.26 Å². The van der Waals surface area contributed by atoms with Crippen LogP contribution in [0.3, 0.4) is 0 Å². The van der Waals surface area contributed by atoms with Gasteiger partial charge in [-0.15, -0.1) is 0 Å². The Kier molecular flexibility index (Phi) is 6.07. The van der Waals surface area contributed by atoms with Crippen molar-refractivity contribution in [1.82, 2.24) is 24.2 Å². The maximum atomic E-state index is 12.9. The zero-order chi connectivity index (χ0) is 24.7. The van der Waals surface area contributed by atoms with Crippen molar-refractivity contribution in [2.24, 2.45) is 7.05 Å². The first-order chi connectivity index (χ1) is 16.9. The van der Waals surface area contributed by atoms with E-state index in [0.717, 1.165) is 53.8 Å². The summed E-state index contributed by atoms with van der Waals surface area (Å²) in [6.07, 6.45) is 5.21. The maximum Gasteiger partial charge on any atom is 0.252 e. The van der Waals surface area contributed by atoms with E-state index in [4.69, 9.17) is 9.68 Å². The number of piperazine rings is 1. The minimum absolute atomic E-state index is 0.0666. The van der Waals surface area contributed by atoms with Crippen LogP contribution in [0.15, 0.2) is 46.1 Å². The van der Waals surface area contributed by atoms with Gasteiger partial charge in [-0.1, -0.05) is 19.9 Å². The van der Waals surface area contributed by atoms with Gasteiger partial charge in [-0.25, -0.2) is 4.98 Å². The summed E-state index contributed by atoms with van der Waals surface area (Å²) in [5.74, 6) is 0. The van der Waals surface area contributed by atoms with E-state index in [2.05, 4.69) is 58.9 Å². The molecule has 0 radical (unpaired) electrons. The van der Waals surface area contributed by atoms with Crippen LogP contribution < -0.4 is 10.5 Å². The highest BCUT2D eigenvalue weighted by Crippen LogP contribution is 2.35. The van der Waals surface area contributed by atoms with E-state index in [1.54, 1.807) is 28.6 Å². The zero-order valence-corrected chi connectivity index (χ0v) is 20.7. The molecule has 9 heteroatoms. The number of aryl methyl sites for hydroxylation is 1. The number of anilines is 1. The van der Waals surface area contributed by atoms with Crippen LogP contribution in [0.25, 0.3) is 22.1 Å². The van der Waals surface area contributed by atoms with E-state index >= 15 is 0 Å². The van der Waals surface area contributed by atoms with Gasteiger partial charge in [-0.3, -0.25) is 14.4 Å². The second kappa shape index (κ2) is 9.19. The van der Waals surface area contributed by atoms with Gasteiger partial charge in [0.25, 0.3) is 5.56 Å². The van der Waals surface area contributed by atoms with Crippen molar-refractivity contribution >= 4 is 27.8 Å². The zero-order valence-electron chi connectivity index (χ0n) is 20.7. The molecule has 1 aromatic carbocycles. The van der Waals surface area contributed by atoms with E-state index in [9.17, 15) is 4.79 Å². The molecule has 0 aliphatic carbocycles. The summed E-state index contributed by atoms with van der Waals surface area (Å²) >= 11 is 0. The highest BCUT2D eigenvalue weighted by molar-refractivity contribution is 5.88. The predicted octanol–water partition coefficient (Wildman–Crippen LogP) is 3.84. The van der Waals surface area contributed by atoms with Gasteiger partial charge in [0, 0.05) is 44.3 Å². The molecular formula is C26H31N7O2. The van der Waals surface area contributed by atoms with Crippen LogP contribution in [0, 0.1) is 11.3 Å². The van der Waals surface area contributed by atoms with Crippen LogP contribution in [0.4, 0.5) is 5.69 Å². The molecule has 0 amide bonds. The Labute approximate surface area is 204 Å². The predicted molar refractivity (Wildman–Crippen MR) is 135 cm³/mol. The van der Waals surface area contributed by atoms with Crippen LogP contribution in [-0.4, -0.2) is 49.4 Å². The molecule has 5 rings (SSSR count). The number of nitrogens with zero attached hydrogens (tertiary/aromatic N) is 7. The Hall–Kier alpha value is -3.64. The van der Waals surface area contributed by atoms with E-state index in [1.165, 1.54) is 12.0 Å². The average molecular weight is 474 g/mol. The molecule has 1 unspecified atom stereocenters. The molecule has 3 atom stereocenters. The quantitative estimate of drug-likeness (QED) is 0.420. The number of fused-ring (bicyclic) bond motifs is 2. The van der Waals surface area contributed by atoms with E-state index in [-0.39, 0.29) is 24.2 Å². The van der Waals surface area contributed by atoms with Crippen molar-refractivity contribution in [2.75, 3.05) is 18.0 Å². The summed E-state index contributed by atoms with van der Waals surface area (Å²) in [4.78, 5) is 22.0. The second-order valence-corrected chi connectivity index (χ2v) is 9.37. The molecule has 1 aliphatic rings. The van der Waals surface area contributed by atoms with Gasteiger partial charge in [-0.05, 0) is 37.5 Å². The minimum atomic E-state index is -0.0666. The van der Waals surface area contributed by atoms with Crippen molar-refractivity contribution in [3.63, 3.8) is 0 Å². The van der Waals surface area contributed by atoms with Gasteiger partial charge < -0.3 is 13.9 Å². The number of benzene rings is 1. The minimum Gasteiger partial charge on any atom is -0.443 e. The number of nitriles is 1. The van der Waals surface area contributed by atoms with Gasteiger partial charge in [-0.2, -0.15) is 10.4 Å². The molecule has 0 bridgehead atoms. The third-order valence-corrected chi connectivity index (χ3v) is 7.50. The van der Waals surface area contributed by atoms with E-state index in [0.29, 0.717) is 6.04 Å². The van der Waals surface area contributed by atoms with Crippen LogP contribution >= 0.6 is 0 Å². The van der Waals surface area contributed by atoms with Gasteiger partial charge >= 0.3 is 0 Å². The normalized spacial score (nSPS) is 19.9. The highest BCUT2D eigenvalue weighted by atomic mass is 16.3. The monoisotopic (exact) mass is 473 g/mol. The lowest BCUT2D eigenvalue weighted by molar-refractivity contribution is 0.101. The fraction of sp³-hybridized carbons (Fsp3) is 0.462. The fourth-order valence-electron chi connectivity index (χ4n) is 5.39. The summed E-state index contributed by atoms with van der Waals surface area (Å²) in [5, 5.41) is 13.8. The van der Waals surface area contributed by atoms with Crippen LogP contribution in [-0.2, 0) is 13.6 Å². The molecule has 4 heterocycles. The summed E-state index contributed by atoms with van der Waals surface area (Å²) in [6.45, 7) is 8.49. The van der Waals surface area contributed by atoms with Crippen LogP contribution in [0.2, 0.25) is 0 Å². The average Bonchev–Trinajstić information content (AvgIpc) is 3.52. The molecule has 9 nitrogen and oxygen atoms in total. The number of rotatable bonds is 6. The molecule has 182 valence electrons. The van der Waals surface area contributed by atoms with Gasteiger partial charge in [0.1, 0.15) is 17.6 Å². The number of aromatic nitrogens is 4. The summed E-state index contributed by atoms with van der Waals surface area (Å²) in [5.41, 5.74) is 5.21. The molecule has 0 spiro atoms. The summed E-state index contributed by atoms with van der Waals surface area (Å²) < 4.78 is 8.77.